The topological polar surface area (TPSA) is 63.3 Å². The van der Waals surface area contributed by atoms with Gasteiger partial charge in [-0.1, -0.05) is 58.9 Å². The molecule has 0 bridgehead atoms. The van der Waals surface area contributed by atoms with E-state index in [2.05, 4.69) is 60.3 Å². The molecule has 0 amide bonds. The van der Waals surface area contributed by atoms with Gasteiger partial charge >= 0.3 is 5.97 Å². The van der Waals surface area contributed by atoms with E-state index in [9.17, 15) is 14.3 Å². The predicted molar refractivity (Wildman–Crippen MR) is 165 cm³/mol. The molecular weight excluding hydrogens is 509 g/mol. The van der Waals surface area contributed by atoms with Crippen molar-refractivity contribution < 1.29 is 14.3 Å². The Labute approximate surface area is 248 Å². The van der Waals surface area contributed by atoms with Gasteiger partial charge in [-0.2, -0.15) is 0 Å². The van der Waals surface area contributed by atoms with Crippen molar-refractivity contribution in [1.29, 1.82) is 0 Å². The number of carbonyl (C=O) groups is 1. The molecule has 6 rings (SSSR count). The van der Waals surface area contributed by atoms with E-state index in [1.165, 1.54) is 55.2 Å². The average molecular weight is 566 g/mol. The number of hydrogen-bond donors (Lipinski definition) is 2. The Morgan fingerprint density at radius 1 is 0.951 bits per heavy atom. The van der Waals surface area contributed by atoms with Crippen LogP contribution in [0, 0.1) is 56.7 Å². The van der Waals surface area contributed by atoms with Crippen LogP contribution in [0.1, 0.15) is 119 Å². The predicted octanol–water partition coefficient (Wildman–Crippen LogP) is 9.04. The molecule has 0 radical (unpaired) electrons. The number of allylic oxidation sites excluding steroid dienone is 5. The third-order valence-electron chi connectivity index (χ3n) is 15.4. The fourth-order valence-corrected chi connectivity index (χ4v) is 12.9. The third kappa shape index (κ3) is 3.80. The van der Waals surface area contributed by atoms with Gasteiger partial charge in [-0.05, 0) is 146 Å². The summed E-state index contributed by atoms with van der Waals surface area (Å²) in [6, 6.07) is 0. The molecule has 0 heterocycles. The molecule has 4 fully saturated rings. The molecule has 228 valence electrons. The minimum absolute atomic E-state index is 0.00331. The first-order chi connectivity index (χ1) is 19.1. The SMILES string of the molecule is C=C(C)[C@@H]1CC[C@]2(N)CC[C@]3(C)[C@H](CC[C@@H]4[C@@]5(C)CC=C(C6=CCC(CF)(C(=O)O)CC6)C(C)(C)[C@@H]5CC[C@]43C)[C@@H]12. The highest BCUT2D eigenvalue weighted by atomic mass is 19.1. The van der Waals surface area contributed by atoms with Crippen molar-refractivity contribution in [2.75, 3.05) is 6.67 Å². The number of carboxylic acids is 1. The number of aliphatic carboxylic acids is 1. The molecule has 1 unspecified atom stereocenters. The van der Waals surface area contributed by atoms with Gasteiger partial charge in [0.2, 0.25) is 0 Å². The van der Waals surface area contributed by atoms with Gasteiger partial charge in [0, 0.05) is 5.54 Å². The number of carboxylic acid groups (broad SMARTS) is 1. The van der Waals surface area contributed by atoms with E-state index in [4.69, 9.17) is 5.73 Å². The van der Waals surface area contributed by atoms with Crippen LogP contribution in [0.15, 0.2) is 35.5 Å². The molecule has 0 saturated heterocycles. The largest absolute Gasteiger partial charge is 0.481 e. The molecule has 0 aromatic heterocycles. The van der Waals surface area contributed by atoms with Crippen LogP contribution in [0.25, 0.3) is 0 Å². The molecule has 4 saturated carbocycles. The van der Waals surface area contributed by atoms with Gasteiger partial charge in [-0.25, -0.2) is 4.39 Å². The number of halogens is 1. The van der Waals surface area contributed by atoms with Crippen molar-refractivity contribution in [3.63, 3.8) is 0 Å². The highest BCUT2D eigenvalue weighted by Gasteiger charge is 2.70. The first-order valence-corrected chi connectivity index (χ1v) is 16.7. The van der Waals surface area contributed by atoms with E-state index in [1.54, 1.807) is 0 Å². The van der Waals surface area contributed by atoms with Crippen molar-refractivity contribution in [1.82, 2.24) is 0 Å². The van der Waals surface area contributed by atoms with Crippen LogP contribution in [0.4, 0.5) is 4.39 Å². The summed E-state index contributed by atoms with van der Waals surface area (Å²) in [6.07, 6.45) is 17.0. The highest BCUT2D eigenvalue weighted by molar-refractivity contribution is 5.75. The van der Waals surface area contributed by atoms with E-state index >= 15 is 0 Å². The number of rotatable bonds is 4. The quantitative estimate of drug-likeness (QED) is 0.334. The Balaban J connectivity index is 1.32. The minimum Gasteiger partial charge on any atom is -0.481 e. The Bertz CT molecular complexity index is 1200. The van der Waals surface area contributed by atoms with Crippen molar-refractivity contribution >= 4 is 5.97 Å². The molecular formula is C37H56FNO2. The fourth-order valence-electron chi connectivity index (χ4n) is 12.9. The van der Waals surface area contributed by atoms with Crippen LogP contribution in [-0.4, -0.2) is 23.3 Å². The Kier molecular flexibility index (Phi) is 6.72. The molecule has 10 atom stereocenters. The van der Waals surface area contributed by atoms with Gasteiger partial charge in [0.1, 0.15) is 6.67 Å². The molecule has 3 N–H and O–H groups in total. The molecule has 0 spiro atoms. The molecule has 6 aliphatic carbocycles. The maximum absolute atomic E-state index is 13.8. The molecule has 3 nitrogen and oxygen atoms in total. The summed E-state index contributed by atoms with van der Waals surface area (Å²) < 4.78 is 13.8. The number of nitrogens with two attached hydrogens (primary N) is 1. The smallest absolute Gasteiger partial charge is 0.312 e. The van der Waals surface area contributed by atoms with Crippen LogP contribution in [0.3, 0.4) is 0 Å². The molecule has 0 aromatic rings. The van der Waals surface area contributed by atoms with Crippen LogP contribution in [0.5, 0.6) is 0 Å². The Hall–Kier alpha value is -1.42. The van der Waals surface area contributed by atoms with Gasteiger partial charge < -0.3 is 10.8 Å². The first kappa shape index (κ1) is 29.6. The number of alkyl halides is 1. The summed E-state index contributed by atoms with van der Waals surface area (Å²) in [5.41, 5.74) is 10.9. The van der Waals surface area contributed by atoms with Crippen molar-refractivity contribution in [3.8, 4) is 0 Å². The number of hydrogen-bond acceptors (Lipinski definition) is 2. The normalized spacial score (nSPS) is 50.4. The van der Waals surface area contributed by atoms with E-state index in [1.807, 2.05) is 0 Å². The molecule has 41 heavy (non-hydrogen) atoms. The zero-order valence-electron chi connectivity index (χ0n) is 26.8. The second-order valence-corrected chi connectivity index (χ2v) is 17.1. The standard InChI is InChI=1S/C37H56FNO2/c1-23(2)25-12-19-37(39)21-20-34(6)27(30(25)37)8-9-29-33(5)15-13-26(32(3,4)28(33)14-16-35(29,34)7)24-10-17-36(22-38,18-11-24)31(40)41/h10,13,25,27-30H,1,8-9,11-12,14-22,39H2,2-7H3,(H,40,41)/t25-,27+,28-,29+,30+,33-,34+,35+,36?,37-/m0/s1. The van der Waals surface area contributed by atoms with E-state index in [0.29, 0.717) is 59.7 Å². The second-order valence-electron chi connectivity index (χ2n) is 17.1. The van der Waals surface area contributed by atoms with Crippen LogP contribution in [-0.2, 0) is 4.79 Å². The van der Waals surface area contributed by atoms with Gasteiger partial charge in [0.25, 0.3) is 0 Å². The second kappa shape index (κ2) is 9.29. The van der Waals surface area contributed by atoms with Gasteiger partial charge in [0.15, 0.2) is 0 Å². The maximum Gasteiger partial charge on any atom is 0.312 e. The Morgan fingerprint density at radius 3 is 2.29 bits per heavy atom. The first-order valence-electron chi connectivity index (χ1n) is 16.7. The van der Waals surface area contributed by atoms with E-state index in [0.717, 1.165) is 19.3 Å². The summed E-state index contributed by atoms with van der Waals surface area (Å²) in [7, 11) is 0. The molecule has 0 aromatic carbocycles. The average Bonchev–Trinajstić information content (AvgIpc) is 3.27. The van der Waals surface area contributed by atoms with Crippen LogP contribution < -0.4 is 5.73 Å². The maximum atomic E-state index is 13.8. The lowest BCUT2D eigenvalue weighted by Crippen LogP contribution is -2.67. The van der Waals surface area contributed by atoms with Crippen molar-refractivity contribution in [2.45, 2.75) is 124 Å². The van der Waals surface area contributed by atoms with Gasteiger partial charge in [-0.15, -0.1) is 0 Å². The lowest BCUT2D eigenvalue weighted by Gasteiger charge is -2.72. The molecule has 6 aliphatic rings. The lowest BCUT2D eigenvalue weighted by atomic mass is 9.33. The molecule has 0 aliphatic heterocycles. The van der Waals surface area contributed by atoms with Crippen molar-refractivity contribution in [3.05, 3.63) is 35.5 Å². The summed E-state index contributed by atoms with van der Waals surface area (Å²) in [4.78, 5) is 11.9. The van der Waals surface area contributed by atoms with Crippen LogP contribution >= 0.6 is 0 Å². The molecule has 4 heteroatoms. The van der Waals surface area contributed by atoms with E-state index in [-0.39, 0.29) is 16.4 Å². The van der Waals surface area contributed by atoms with Crippen molar-refractivity contribution in [2.24, 2.45) is 62.4 Å². The van der Waals surface area contributed by atoms with Gasteiger partial charge in [0.05, 0.1) is 5.41 Å². The zero-order chi connectivity index (χ0) is 29.8. The van der Waals surface area contributed by atoms with Crippen LogP contribution in [0.2, 0.25) is 0 Å². The number of fused-ring (bicyclic) bond motifs is 7. The monoisotopic (exact) mass is 565 g/mol. The van der Waals surface area contributed by atoms with Gasteiger partial charge in [-0.3, -0.25) is 4.79 Å². The summed E-state index contributed by atoms with van der Waals surface area (Å²) in [6.45, 7) is 18.8. The summed E-state index contributed by atoms with van der Waals surface area (Å²) in [5.74, 6) is 2.14. The summed E-state index contributed by atoms with van der Waals surface area (Å²) in [5, 5.41) is 9.72. The lowest BCUT2D eigenvalue weighted by molar-refractivity contribution is -0.219. The van der Waals surface area contributed by atoms with E-state index < -0.39 is 18.1 Å². The highest BCUT2D eigenvalue weighted by Crippen LogP contribution is 2.76. The summed E-state index contributed by atoms with van der Waals surface area (Å²) >= 11 is 0. The Morgan fingerprint density at radius 2 is 1.68 bits per heavy atom. The fraction of sp³-hybridized carbons (Fsp3) is 0.811. The minimum atomic E-state index is -1.23. The third-order valence-corrected chi connectivity index (χ3v) is 15.4. The zero-order valence-corrected chi connectivity index (χ0v) is 26.8.